The minimum atomic E-state index is 0.736. The summed E-state index contributed by atoms with van der Waals surface area (Å²) in [5.74, 6) is 0.736. The van der Waals surface area contributed by atoms with Gasteiger partial charge in [0.25, 0.3) is 0 Å². The predicted octanol–water partition coefficient (Wildman–Crippen LogP) is 3.12. The Labute approximate surface area is 133 Å². The maximum Gasteiger partial charge on any atom is 0.178 e. The average molecular weight is 301 g/mol. The standard InChI is InChI=1S/C18H15N5/c1-3-13-8-15-9-14(5-6-16(15)19-11-13)10-18-21-20-17-7-4-12(2)22-23(17)18/h3-8,10-11H,1,9H2,2H3. The Morgan fingerprint density at radius 1 is 1.22 bits per heavy atom. The van der Waals surface area contributed by atoms with Crippen LogP contribution in [0.5, 0.6) is 0 Å². The second-order valence-corrected chi connectivity index (χ2v) is 5.55. The second kappa shape index (κ2) is 5.28. The monoisotopic (exact) mass is 301 g/mol. The number of nitrogens with zero attached hydrogens (tertiary/aromatic N) is 5. The number of allylic oxidation sites excluding steroid dienone is 2. The van der Waals surface area contributed by atoms with Crippen LogP contribution in [0.25, 0.3) is 23.9 Å². The summed E-state index contributed by atoms with van der Waals surface area (Å²) in [6.07, 6.45) is 10.6. The van der Waals surface area contributed by atoms with E-state index in [1.165, 1.54) is 5.56 Å². The van der Waals surface area contributed by atoms with Crippen molar-refractivity contribution in [2.75, 3.05) is 0 Å². The Kier molecular flexibility index (Phi) is 3.12. The Morgan fingerprint density at radius 2 is 2.13 bits per heavy atom. The van der Waals surface area contributed by atoms with Gasteiger partial charge in [-0.25, -0.2) is 0 Å². The van der Waals surface area contributed by atoms with Gasteiger partial charge in [0, 0.05) is 6.20 Å². The zero-order chi connectivity index (χ0) is 15.8. The first-order chi connectivity index (χ1) is 11.2. The first-order valence-electron chi connectivity index (χ1n) is 7.42. The SMILES string of the molecule is C=Cc1cnc2c(c1)CC(=Cc1nnc3ccc(C)nn13)C=C2. The van der Waals surface area contributed by atoms with Crippen LogP contribution in [0, 0.1) is 6.92 Å². The molecule has 0 aliphatic heterocycles. The third kappa shape index (κ3) is 2.46. The number of hydrogen-bond donors (Lipinski definition) is 0. The fourth-order valence-corrected chi connectivity index (χ4v) is 2.66. The van der Waals surface area contributed by atoms with Crippen LogP contribution in [0.3, 0.4) is 0 Å². The molecule has 4 rings (SSSR count). The molecule has 112 valence electrons. The highest BCUT2D eigenvalue weighted by molar-refractivity contribution is 5.66. The number of aromatic nitrogens is 5. The van der Waals surface area contributed by atoms with Crippen LogP contribution in [-0.2, 0) is 6.42 Å². The van der Waals surface area contributed by atoms with Gasteiger partial charge in [0.1, 0.15) is 0 Å². The van der Waals surface area contributed by atoms with E-state index in [9.17, 15) is 0 Å². The van der Waals surface area contributed by atoms with Crippen LogP contribution in [0.4, 0.5) is 0 Å². The van der Waals surface area contributed by atoms with E-state index in [-0.39, 0.29) is 0 Å². The van der Waals surface area contributed by atoms with Gasteiger partial charge >= 0.3 is 0 Å². The molecule has 3 heterocycles. The topological polar surface area (TPSA) is 56.0 Å². The van der Waals surface area contributed by atoms with Crippen LogP contribution in [0.15, 0.2) is 42.6 Å². The summed E-state index contributed by atoms with van der Waals surface area (Å²) in [7, 11) is 0. The van der Waals surface area contributed by atoms with Gasteiger partial charge in [0.2, 0.25) is 0 Å². The maximum absolute atomic E-state index is 4.47. The fraction of sp³-hybridized carbons (Fsp3) is 0.111. The minimum Gasteiger partial charge on any atom is -0.256 e. The molecule has 3 aromatic heterocycles. The van der Waals surface area contributed by atoms with Crippen LogP contribution in [-0.4, -0.2) is 24.8 Å². The molecule has 3 aromatic rings. The first-order valence-corrected chi connectivity index (χ1v) is 7.42. The molecule has 0 radical (unpaired) electrons. The Balaban J connectivity index is 1.74. The largest absolute Gasteiger partial charge is 0.256 e. The van der Waals surface area contributed by atoms with E-state index >= 15 is 0 Å². The van der Waals surface area contributed by atoms with E-state index < -0.39 is 0 Å². The van der Waals surface area contributed by atoms with Crippen molar-refractivity contribution >= 4 is 23.9 Å². The fourth-order valence-electron chi connectivity index (χ4n) is 2.66. The summed E-state index contributed by atoms with van der Waals surface area (Å²) >= 11 is 0. The molecule has 0 bridgehead atoms. The number of hydrogen-bond acceptors (Lipinski definition) is 4. The van der Waals surface area contributed by atoms with Gasteiger partial charge in [-0.15, -0.1) is 10.2 Å². The van der Waals surface area contributed by atoms with Crippen LogP contribution < -0.4 is 0 Å². The molecule has 0 atom stereocenters. The van der Waals surface area contributed by atoms with Crippen molar-refractivity contribution < 1.29 is 0 Å². The molecule has 0 unspecified atom stereocenters. The summed E-state index contributed by atoms with van der Waals surface area (Å²) in [5.41, 5.74) is 6.06. The van der Waals surface area contributed by atoms with E-state index in [1.807, 2.05) is 43.5 Å². The molecule has 5 nitrogen and oxygen atoms in total. The molecule has 0 saturated heterocycles. The highest BCUT2D eigenvalue weighted by Gasteiger charge is 2.11. The summed E-state index contributed by atoms with van der Waals surface area (Å²) in [4.78, 5) is 4.45. The highest BCUT2D eigenvalue weighted by Crippen LogP contribution is 2.23. The van der Waals surface area contributed by atoms with E-state index in [2.05, 4.69) is 39.0 Å². The van der Waals surface area contributed by atoms with Crippen molar-refractivity contribution in [1.29, 1.82) is 0 Å². The molecular formula is C18H15N5. The summed E-state index contributed by atoms with van der Waals surface area (Å²) in [6, 6.07) is 5.97. The summed E-state index contributed by atoms with van der Waals surface area (Å²) in [6.45, 7) is 5.75. The van der Waals surface area contributed by atoms with Gasteiger partial charge in [0.05, 0.1) is 11.4 Å². The number of fused-ring (bicyclic) bond motifs is 2. The molecule has 0 aromatic carbocycles. The number of rotatable bonds is 2. The highest BCUT2D eigenvalue weighted by atomic mass is 15.4. The smallest absolute Gasteiger partial charge is 0.178 e. The molecular weight excluding hydrogens is 286 g/mol. The van der Waals surface area contributed by atoms with E-state index in [1.54, 1.807) is 4.52 Å². The van der Waals surface area contributed by atoms with Crippen LogP contribution in [0.1, 0.15) is 28.3 Å². The Hall–Kier alpha value is -3.08. The van der Waals surface area contributed by atoms with Crippen molar-refractivity contribution in [3.8, 4) is 0 Å². The Bertz CT molecular complexity index is 978. The first kappa shape index (κ1) is 13.6. The summed E-state index contributed by atoms with van der Waals surface area (Å²) in [5, 5.41) is 12.9. The van der Waals surface area contributed by atoms with Gasteiger partial charge in [-0.05, 0) is 60.4 Å². The molecule has 0 spiro atoms. The molecule has 0 saturated carbocycles. The van der Waals surface area contributed by atoms with Crippen molar-refractivity contribution in [2.45, 2.75) is 13.3 Å². The van der Waals surface area contributed by atoms with Crippen molar-refractivity contribution in [1.82, 2.24) is 24.8 Å². The second-order valence-electron chi connectivity index (χ2n) is 5.55. The maximum atomic E-state index is 4.47. The van der Waals surface area contributed by atoms with E-state index in [0.717, 1.165) is 40.4 Å². The molecule has 0 N–H and O–H groups in total. The Morgan fingerprint density at radius 3 is 3.00 bits per heavy atom. The van der Waals surface area contributed by atoms with E-state index in [0.29, 0.717) is 0 Å². The number of pyridine rings is 1. The zero-order valence-corrected chi connectivity index (χ0v) is 12.8. The normalized spacial score (nSPS) is 15.1. The van der Waals surface area contributed by atoms with Crippen LogP contribution in [0.2, 0.25) is 0 Å². The van der Waals surface area contributed by atoms with Gasteiger partial charge in [-0.1, -0.05) is 18.7 Å². The minimum absolute atomic E-state index is 0.736. The quantitative estimate of drug-likeness (QED) is 0.729. The zero-order valence-electron chi connectivity index (χ0n) is 12.8. The predicted molar refractivity (Wildman–Crippen MR) is 90.6 cm³/mol. The molecule has 5 heteroatoms. The lowest BCUT2D eigenvalue weighted by molar-refractivity contribution is 0.880. The summed E-state index contributed by atoms with van der Waals surface area (Å²) < 4.78 is 1.77. The van der Waals surface area contributed by atoms with Gasteiger partial charge < -0.3 is 0 Å². The van der Waals surface area contributed by atoms with Crippen molar-refractivity contribution in [3.05, 3.63) is 71.0 Å². The van der Waals surface area contributed by atoms with Crippen molar-refractivity contribution in [2.24, 2.45) is 0 Å². The number of aryl methyl sites for hydroxylation is 1. The lowest BCUT2D eigenvalue weighted by Crippen LogP contribution is -2.02. The molecule has 1 aliphatic carbocycles. The lowest BCUT2D eigenvalue weighted by Gasteiger charge is -2.12. The van der Waals surface area contributed by atoms with Crippen molar-refractivity contribution in [3.63, 3.8) is 0 Å². The third-order valence-electron chi connectivity index (χ3n) is 3.84. The average Bonchev–Trinajstić information content (AvgIpc) is 2.96. The molecule has 0 fully saturated rings. The molecule has 1 aliphatic rings. The lowest BCUT2D eigenvalue weighted by atomic mass is 9.96. The van der Waals surface area contributed by atoms with E-state index in [4.69, 9.17) is 0 Å². The molecule has 23 heavy (non-hydrogen) atoms. The van der Waals surface area contributed by atoms with Crippen LogP contribution >= 0.6 is 0 Å². The van der Waals surface area contributed by atoms with Gasteiger partial charge in [-0.3, -0.25) is 4.98 Å². The molecule has 0 amide bonds. The third-order valence-corrected chi connectivity index (χ3v) is 3.84. The van der Waals surface area contributed by atoms with Gasteiger partial charge in [-0.2, -0.15) is 9.61 Å². The van der Waals surface area contributed by atoms with Gasteiger partial charge in [0.15, 0.2) is 11.5 Å².